The zero-order valence-electron chi connectivity index (χ0n) is 16.9. The van der Waals surface area contributed by atoms with Gasteiger partial charge < -0.3 is 14.2 Å². The average molecular weight is 383 g/mol. The van der Waals surface area contributed by atoms with Crippen LogP contribution < -0.4 is 4.74 Å². The molecule has 2 saturated carbocycles. The van der Waals surface area contributed by atoms with E-state index in [9.17, 15) is 4.79 Å². The zero-order valence-corrected chi connectivity index (χ0v) is 16.9. The molecule has 0 amide bonds. The van der Waals surface area contributed by atoms with Crippen molar-refractivity contribution in [2.75, 3.05) is 13.7 Å². The number of rotatable bonds is 3. The van der Waals surface area contributed by atoms with Crippen LogP contribution in [0.25, 0.3) is 6.08 Å². The van der Waals surface area contributed by atoms with Crippen molar-refractivity contribution in [3.63, 3.8) is 0 Å². The van der Waals surface area contributed by atoms with E-state index < -0.39 is 0 Å². The summed E-state index contributed by atoms with van der Waals surface area (Å²) >= 11 is 0. The number of hydrogen-bond acceptors (Lipinski definition) is 4. The predicted octanol–water partition coefficient (Wildman–Crippen LogP) is 4.72. The third kappa shape index (κ3) is 2.84. The Bertz CT molecular complexity index is 794. The largest absolute Gasteiger partial charge is 0.497 e. The molecule has 4 nitrogen and oxygen atoms in total. The maximum atomic E-state index is 13.4. The Morgan fingerprint density at radius 3 is 2.86 bits per heavy atom. The third-order valence-electron chi connectivity index (χ3n) is 7.65. The fraction of sp³-hybridized carbons (Fsp3) is 0.625. The number of benzene rings is 1. The molecule has 150 valence electrons. The summed E-state index contributed by atoms with van der Waals surface area (Å²) in [5.74, 6) is 1.94. The van der Waals surface area contributed by atoms with E-state index in [0.29, 0.717) is 18.1 Å². The van der Waals surface area contributed by atoms with E-state index >= 15 is 0 Å². The Hall–Kier alpha value is -1.65. The second kappa shape index (κ2) is 7.00. The molecule has 0 N–H and O–H groups in total. The van der Waals surface area contributed by atoms with Crippen LogP contribution in [0.1, 0.15) is 62.5 Å². The molecular formula is C24H30O4. The molecule has 6 atom stereocenters. The molecule has 5 rings (SSSR count). The lowest BCUT2D eigenvalue weighted by atomic mass is 9.56. The molecule has 1 aromatic rings. The van der Waals surface area contributed by atoms with Crippen molar-refractivity contribution in [2.24, 2.45) is 17.3 Å². The van der Waals surface area contributed by atoms with Crippen molar-refractivity contribution in [2.45, 2.75) is 63.8 Å². The maximum Gasteiger partial charge on any atom is 0.157 e. The first-order chi connectivity index (χ1) is 13.6. The molecule has 0 radical (unpaired) electrons. The smallest absolute Gasteiger partial charge is 0.157 e. The number of carbonyl (C=O) groups excluding carboxylic acids is 1. The van der Waals surface area contributed by atoms with Gasteiger partial charge in [0.25, 0.3) is 0 Å². The van der Waals surface area contributed by atoms with Crippen LogP contribution in [0.15, 0.2) is 24.3 Å². The van der Waals surface area contributed by atoms with Crippen molar-refractivity contribution in [1.82, 2.24) is 0 Å². The van der Waals surface area contributed by atoms with Gasteiger partial charge in [0.05, 0.1) is 13.2 Å². The normalized spacial score (nSPS) is 39.2. The minimum absolute atomic E-state index is 0.0198. The van der Waals surface area contributed by atoms with E-state index in [0.717, 1.165) is 43.6 Å². The summed E-state index contributed by atoms with van der Waals surface area (Å²) < 4.78 is 17.6. The number of methoxy groups -OCH3 is 1. The highest BCUT2D eigenvalue weighted by molar-refractivity contribution is 5.90. The van der Waals surface area contributed by atoms with Gasteiger partial charge in [-0.05, 0) is 67.2 Å². The summed E-state index contributed by atoms with van der Waals surface area (Å²) in [6.07, 6.45) is 10.5. The topological polar surface area (TPSA) is 44.8 Å². The first-order valence-corrected chi connectivity index (χ1v) is 10.8. The maximum absolute atomic E-state index is 13.4. The molecule has 3 fully saturated rings. The molecule has 4 heteroatoms. The highest BCUT2D eigenvalue weighted by atomic mass is 16.7. The first-order valence-electron chi connectivity index (χ1n) is 10.8. The summed E-state index contributed by atoms with van der Waals surface area (Å²) in [6.45, 7) is 3.08. The van der Waals surface area contributed by atoms with Crippen LogP contribution in [0, 0.1) is 17.3 Å². The highest BCUT2D eigenvalue weighted by Crippen LogP contribution is 2.60. The van der Waals surface area contributed by atoms with Crippen LogP contribution >= 0.6 is 0 Å². The fourth-order valence-corrected chi connectivity index (χ4v) is 6.21. The second-order valence-electron chi connectivity index (χ2n) is 9.16. The van der Waals surface area contributed by atoms with Crippen LogP contribution in [0.3, 0.4) is 0 Å². The highest BCUT2D eigenvalue weighted by Gasteiger charge is 2.58. The molecule has 1 saturated heterocycles. The van der Waals surface area contributed by atoms with Gasteiger partial charge in [-0.25, -0.2) is 0 Å². The van der Waals surface area contributed by atoms with Crippen LogP contribution in [-0.4, -0.2) is 31.9 Å². The lowest BCUT2D eigenvalue weighted by Gasteiger charge is -2.48. The Balaban J connectivity index is 1.42. The van der Waals surface area contributed by atoms with Gasteiger partial charge in [0.15, 0.2) is 6.29 Å². The second-order valence-corrected chi connectivity index (χ2v) is 9.16. The number of allylic oxidation sites excluding steroid dienone is 1. The zero-order chi connectivity index (χ0) is 19.3. The van der Waals surface area contributed by atoms with E-state index in [-0.39, 0.29) is 29.6 Å². The summed E-state index contributed by atoms with van der Waals surface area (Å²) in [4.78, 5) is 13.4. The summed E-state index contributed by atoms with van der Waals surface area (Å²) in [5.41, 5.74) is 2.20. The van der Waals surface area contributed by atoms with Crippen molar-refractivity contribution < 1.29 is 19.0 Å². The Morgan fingerprint density at radius 1 is 1.18 bits per heavy atom. The minimum Gasteiger partial charge on any atom is -0.497 e. The summed E-state index contributed by atoms with van der Waals surface area (Å²) in [5, 5.41) is 0. The van der Waals surface area contributed by atoms with Crippen LogP contribution in [0.5, 0.6) is 5.75 Å². The number of ether oxygens (including phenoxy) is 3. The van der Waals surface area contributed by atoms with Gasteiger partial charge in [-0.1, -0.05) is 25.1 Å². The van der Waals surface area contributed by atoms with Gasteiger partial charge in [0.1, 0.15) is 11.5 Å². The van der Waals surface area contributed by atoms with Gasteiger partial charge in [-0.3, -0.25) is 4.79 Å². The number of carbonyl (C=O) groups is 1. The molecule has 1 aliphatic heterocycles. The quantitative estimate of drug-likeness (QED) is 0.759. The molecule has 1 heterocycles. The van der Waals surface area contributed by atoms with Gasteiger partial charge in [0.2, 0.25) is 0 Å². The van der Waals surface area contributed by atoms with Gasteiger partial charge in [0, 0.05) is 24.4 Å². The van der Waals surface area contributed by atoms with E-state index in [1.165, 1.54) is 12.0 Å². The van der Waals surface area contributed by atoms with Crippen molar-refractivity contribution in [3.8, 4) is 5.75 Å². The lowest BCUT2D eigenvalue weighted by molar-refractivity contribution is -0.211. The minimum atomic E-state index is -0.0899. The van der Waals surface area contributed by atoms with Gasteiger partial charge in [-0.15, -0.1) is 0 Å². The third-order valence-corrected chi connectivity index (χ3v) is 7.65. The number of ketones is 1. The molecule has 0 spiro atoms. The summed E-state index contributed by atoms with van der Waals surface area (Å²) in [6, 6.07) is 6.12. The van der Waals surface area contributed by atoms with Crippen LogP contribution in [0.4, 0.5) is 0 Å². The lowest BCUT2D eigenvalue weighted by Crippen LogP contribution is -2.48. The Labute approximate surface area is 167 Å². The van der Waals surface area contributed by atoms with Gasteiger partial charge >= 0.3 is 0 Å². The van der Waals surface area contributed by atoms with E-state index in [1.54, 1.807) is 7.11 Å². The predicted molar refractivity (Wildman–Crippen MR) is 107 cm³/mol. The molecule has 1 aromatic carbocycles. The van der Waals surface area contributed by atoms with Crippen LogP contribution in [-0.2, 0) is 14.3 Å². The first kappa shape index (κ1) is 18.4. The van der Waals surface area contributed by atoms with E-state index in [2.05, 4.69) is 25.1 Å². The fourth-order valence-electron chi connectivity index (χ4n) is 6.21. The monoisotopic (exact) mass is 382 g/mol. The molecule has 1 unspecified atom stereocenters. The molecule has 3 aliphatic carbocycles. The number of hydrogen-bond donors (Lipinski definition) is 0. The molecule has 28 heavy (non-hydrogen) atoms. The average Bonchev–Trinajstić information content (AvgIpc) is 3.03. The van der Waals surface area contributed by atoms with Gasteiger partial charge in [-0.2, -0.15) is 0 Å². The van der Waals surface area contributed by atoms with Crippen LogP contribution in [0.2, 0.25) is 0 Å². The van der Waals surface area contributed by atoms with Crippen molar-refractivity contribution >= 4 is 11.9 Å². The Morgan fingerprint density at radius 2 is 2.07 bits per heavy atom. The molecular weight excluding hydrogens is 352 g/mol. The summed E-state index contributed by atoms with van der Waals surface area (Å²) in [7, 11) is 1.68. The molecule has 0 bridgehead atoms. The van der Waals surface area contributed by atoms with E-state index in [1.807, 2.05) is 12.1 Å². The van der Waals surface area contributed by atoms with E-state index in [4.69, 9.17) is 14.2 Å². The SMILES string of the molecule is COc1ccc2c(c1)C=C[C@@H]1[C@@H]2C(=O)C[C@]2(C)[C@@H](OC3CCCCO3)CC[C@@H]12. The Kier molecular flexibility index (Phi) is 4.59. The standard InChI is InChI=1S/C24H30O4/c1-24-14-20(25)23-17-9-7-16(26-2)13-15(17)6-8-18(23)19(24)10-11-21(24)28-22-5-3-4-12-27-22/h6-9,13,18-19,21-23H,3-5,10-12,14H2,1-2H3/t18-,19-,21-,22?,23+,24-/m0/s1. The van der Waals surface area contributed by atoms with Crippen molar-refractivity contribution in [1.29, 1.82) is 0 Å². The van der Waals surface area contributed by atoms with Crippen molar-refractivity contribution in [3.05, 3.63) is 35.4 Å². The molecule has 0 aromatic heterocycles. The number of fused-ring (bicyclic) bond motifs is 5. The molecule has 4 aliphatic rings. The number of Topliss-reactive ketones (excluding diaryl/α,β-unsaturated/α-hetero) is 1.